The molecule has 0 unspecified atom stereocenters. The van der Waals surface area contributed by atoms with Gasteiger partial charge >= 0.3 is 0 Å². The molecule has 0 N–H and O–H groups in total. The summed E-state index contributed by atoms with van der Waals surface area (Å²) in [6.45, 7) is -0.0835. The van der Waals surface area contributed by atoms with Crippen molar-refractivity contribution in [3.05, 3.63) is 63.6 Å². The molecule has 0 aliphatic heterocycles. The van der Waals surface area contributed by atoms with Gasteiger partial charge in [0.05, 0.1) is 14.9 Å². The molecule has 2 rings (SSSR count). The fourth-order valence-corrected chi connectivity index (χ4v) is 3.42. The van der Waals surface area contributed by atoms with Crippen LogP contribution >= 0.6 is 23.2 Å². The van der Waals surface area contributed by atoms with Gasteiger partial charge in [-0.15, -0.1) is 0 Å². The van der Waals surface area contributed by atoms with E-state index in [4.69, 9.17) is 23.2 Å². The minimum absolute atomic E-state index is 0.0835. The van der Waals surface area contributed by atoms with E-state index in [2.05, 4.69) is 0 Å². The lowest BCUT2D eigenvalue weighted by Crippen LogP contribution is -2.26. The quantitative estimate of drug-likeness (QED) is 0.817. The van der Waals surface area contributed by atoms with Crippen LogP contribution < -0.4 is 0 Å². The second-order valence-corrected chi connectivity index (χ2v) is 7.41. The minimum Gasteiger partial charge on any atom is -0.207 e. The van der Waals surface area contributed by atoms with Gasteiger partial charge in [-0.1, -0.05) is 35.3 Å². The maximum absolute atomic E-state index is 13.2. The van der Waals surface area contributed by atoms with E-state index in [1.54, 1.807) is 18.2 Å². The third kappa shape index (κ3) is 3.57. The Morgan fingerprint density at radius 2 is 1.68 bits per heavy atom. The van der Waals surface area contributed by atoms with Crippen LogP contribution in [-0.2, 0) is 16.6 Å². The summed E-state index contributed by atoms with van der Waals surface area (Å²) < 4.78 is 52.1. The molecule has 0 heterocycles. The second-order valence-electron chi connectivity index (χ2n) is 4.58. The summed E-state index contributed by atoms with van der Waals surface area (Å²) in [4.78, 5) is -0.467. The van der Waals surface area contributed by atoms with Crippen molar-refractivity contribution in [1.29, 1.82) is 0 Å². The Hall–Kier alpha value is -1.21. The SMILES string of the molecule is CN(Cc1cccc(Cl)c1Cl)S(=O)(=O)c1cc(F)cc(F)c1. The smallest absolute Gasteiger partial charge is 0.207 e. The third-order valence-corrected chi connectivity index (χ3v) is 5.61. The summed E-state index contributed by atoms with van der Waals surface area (Å²) in [6.07, 6.45) is 0. The zero-order valence-electron chi connectivity index (χ0n) is 11.4. The fourth-order valence-electron chi connectivity index (χ4n) is 1.85. The Morgan fingerprint density at radius 3 is 2.27 bits per heavy atom. The maximum Gasteiger partial charge on any atom is 0.243 e. The van der Waals surface area contributed by atoms with Crippen molar-refractivity contribution >= 4 is 33.2 Å². The van der Waals surface area contributed by atoms with Gasteiger partial charge in [0, 0.05) is 19.7 Å². The molecule has 0 aromatic heterocycles. The first-order valence-corrected chi connectivity index (χ1v) is 8.27. The standard InChI is InChI=1S/C14H11Cl2F2NO2S/c1-19(8-9-3-2-4-13(15)14(9)16)22(20,21)12-6-10(17)5-11(18)7-12/h2-7H,8H2,1H3. The average Bonchev–Trinajstić information content (AvgIpc) is 2.42. The molecule has 0 amide bonds. The van der Waals surface area contributed by atoms with Crippen LogP contribution in [0.4, 0.5) is 8.78 Å². The second kappa shape index (κ2) is 6.50. The average molecular weight is 366 g/mol. The normalized spacial score (nSPS) is 11.9. The molecule has 8 heteroatoms. The molecule has 0 spiro atoms. The van der Waals surface area contributed by atoms with E-state index >= 15 is 0 Å². The largest absolute Gasteiger partial charge is 0.243 e. The maximum atomic E-state index is 13.2. The Labute approximate surface area is 137 Å². The molecule has 0 atom stereocenters. The van der Waals surface area contributed by atoms with Crippen LogP contribution in [0.15, 0.2) is 41.3 Å². The number of hydrogen-bond acceptors (Lipinski definition) is 2. The fraction of sp³-hybridized carbons (Fsp3) is 0.143. The van der Waals surface area contributed by atoms with E-state index < -0.39 is 26.6 Å². The first kappa shape index (κ1) is 17.1. The van der Waals surface area contributed by atoms with E-state index in [1.807, 2.05) is 0 Å². The lowest BCUT2D eigenvalue weighted by Gasteiger charge is -2.18. The van der Waals surface area contributed by atoms with Gasteiger partial charge in [0.25, 0.3) is 0 Å². The predicted molar refractivity (Wildman–Crippen MR) is 81.5 cm³/mol. The van der Waals surface area contributed by atoms with Crippen molar-refractivity contribution in [2.24, 2.45) is 0 Å². The van der Waals surface area contributed by atoms with Crippen LogP contribution in [-0.4, -0.2) is 19.8 Å². The number of halogens is 4. The van der Waals surface area contributed by atoms with Crippen LogP contribution in [0.25, 0.3) is 0 Å². The van der Waals surface area contributed by atoms with Crippen LogP contribution in [0.3, 0.4) is 0 Å². The number of benzene rings is 2. The van der Waals surface area contributed by atoms with Crippen LogP contribution in [0, 0.1) is 11.6 Å². The van der Waals surface area contributed by atoms with E-state index in [0.717, 1.165) is 16.4 Å². The number of sulfonamides is 1. The predicted octanol–water partition coefficient (Wildman–Crippen LogP) is 4.09. The molecule has 0 aliphatic carbocycles. The van der Waals surface area contributed by atoms with E-state index in [0.29, 0.717) is 16.7 Å². The molecule has 2 aromatic carbocycles. The Morgan fingerprint density at radius 1 is 1.09 bits per heavy atom. The summed E-state index contributed by atoms with van der Waals surface area (Å²) >= 11 is 11.9. The Balaban J connectivity index is 2.35. The van der Waals surface area contributed by atoms with Gasteiger partial charge < -0.3 is 0 Å². The van der Waals surface area contributed by atoms with Gasteiger partial charge in [0.1, 0.15) is 11.6 Å². The highest BCUT2D eigenvalue weighted by Crippen LogP contribution is 2.28. The zero-order valence-corrected chi connectivity index (χ0v) is 13.7. The molecule has 0 fully saturated rings. The van der Waals surface area contributed by atoms with E-state index in [-0.39, 0.29) is 11.6 Å². The molecule has 0 saturated carbocycles. The molecule has 2 aromatic rings. The third-order valence-electron chi connectivity index (χ3n) is 2.97. The summed E-state index contributed by atoms with van der Waals surface area (Å²) in [5.74, 6) is -1.93. The molecule has 0 saturated heterocycles. The van der Waals surface area contributed by atoms with Gasteiger partial charge in [0.2, 0.25) is 10.0 Å². The minimum atomic E-state index is -4.06. The van der Waals surface area contributed by atoms with Gasteiger partial charge in [-0.2, -0.15) is 4.31 Å². The summed E-state index contributed by atoms with van der Waals surface area (Å²) in [5, 5.41) is 0.526. The molecule has 22 heavy (non-hydrogen) atoms. The number of nitrogens with zero attached hydrogens (tertiary/aromatic N) is 1. The van der Waals surface area contributed by atoms with Crippen molar-refractivity contribution in [1.82, 2.24) is 4.31 Å². The highest BCUT2D eigenvalue weighted by molar-refractivity contribution is 7.89. The van der Waals surface area contributed by atoms with E-state index in [1.165, 1.54) is 7.05 Å². The first-order valence-electron chi connectivity index (χ1n) is 6.07. The lowest BCUT2D eigenvalue weighted by atomic mass is 10.2. The first-order chi connectivity index (χ1) is 10.2. The number of hydrogen-bond donors (Lipinski definition) is 0. The molecule has 3 nitrogen and oxygen atoms in total. The van der Waals surface area contributed by atoms with Crippen LogP contribution in [0.2, 0.25) is 10.0 Å². The molecular weight excluding hydrogens is 355 g/mol. The topological polar surface area (TPSA) is 37.4 Å². The highest BCUT2D eigenvalue weighted by atomic mass is 35.5. The lowest BCUT2D eigenvalue weighted by molar-refractivity contribution is 0.464. The number of rotatable bonds is 4. The van der Waals surface area contributed by atoms with Gasteiger partial charge in [0.15, 0.2) is 0 Å². The Bertz CT molecular complexity index is 792. The van der Waals surface area contributed by atoms with Crippen LogP contribution in [0.1, 0.15) is 5.56 Å². The van der Waals surface area contributed by atoms with Crippen molar-refractivity contribution in [3.63, 3.8) is 0 Å². The molecule has 0 aliphatic rings. The molecular formula is C14H11Cl2F2NO2S. The molecule has 0 radical (unpaired) electrons. The molecule has 118 valence electrons. The van der Waals surface area contributed by atoms with Crippen molar-refractivity contribution in [2.75, 3.05) is 7.05 Å². The van der Waals surface area contributed by atoms with Crippen LogP contribution in [0.5, 0.6) is 0 Å². The van der Waals surface area contributed by atoms with Crippen molar-refractivity contribution in [3.8, 4) is 0 Å². The summed E-state index contributed by atoms with van der Waals surface area (Å²) in [7, 11) is -2.77. The van der Waals surface area contributed by atoms with Crippen molar-refractivity contribution in [2.45, 2.75) is 11.4 Å². The van der Waals surface area contributed by atoms with Crippen molar-refractivity contribution < 1.29 is 17.2 Å². The van der Waals surface area contributed by atoms with Gasteiger partial charge in [-0.3, -0.25) is 0 Å². The highest BCUT2D eigenvalue weighted by Gasteiger charge is 2.23. The monoisotopic (exact) mass is 365 g/mol. The summed E-state index contributed by atoms with van der Waals surface area (Å²) in [6, 6.07) is 6.94. The summed E-state index contributed by atoms with van der Waals surface area (Å²) in [5.41, 5.74) is 0.483. The van der Waals surface area contributed by atoms with E-state index in [9.17, 15) is 17.2 Å². The molecule has 0 bridgehead atoms. The Kier molecular flexibility index (Phi) is 5.07. The zero-order chi connectivity index (χ0) is 16.5. The van der Waals surface area contributed by atoms with Gasteiger partial charge in [-0.05, 0) is 23.8 Å². The van der Waals surface area contributed by atoms with Gasteiger partial charge in [-0.25, -0.2) is 17.2 Å².